The molecular weight excluding hydrogens is 282 g/mol. The average molecular weight is 311 g/mol. The first-order valence-corrected chi connectivity index (χ1v) is 8.78. The summed E-state index contributed by atoms with van der Waals surface area (Å²) in [5, 5.41) is 12.4. The van der Waals surface area contributed by atoms with Gasteiger partial charge in [0.1, 0.15) is 11.6 Å². The van der Waals surface area contributed by atoms with Gasteiger partial charge in [-0.2, -0.15) is 0 Å². The molecular formula is C17H29NO4. The van der Waals surface area contributed by atoms with Crippen LogP contribution in [0, 0.1) is 0 Å². The SMILES string of the molecule is CCC(OC1CCCCC1)C(=O)NC1(C(=O)O)CCCCC1. The quantitative estimate of drug-likeness (QED) is 0.790. The summed E-state index contributed by atoms with van der Waals surface area (Å²) in [4.78, 5) is 24.2. The number of ether oxygens (including phenoxy) is 1. The van der Waals surface area contributed by atoms with Crippen LogP contribution in [0.3, 0.4) is 0 Å². The summed E-state index contributed by atoms with van der Waals surface area (Å²) in [5.41, 5.74) is -1.08. The van der Waals surface area contributed by atoms with E-state index in [1.807, 2.05) is 6.92 Å². The summed E-state index contributed by atoms with van der Waals surface area (Å²) in [6, 6.07) is 0. The fourth-order valence-corrected chi connectivity index (χ4v) is 3.64. The molecule has 2 fully saturated rings. The van der Waals surface area contributed by atoms with Crippen LogP contribution in [0.15, 0.2) is 0 Å². The standard InChI is InChI=1S/C17H29NO4/c1-2-14(22-13-9-5-3-6-10-13)15(19)18-17(16(20)21)11-7-4-8-12-17/h13-14H,2-12H2,1H3,(H,18,19)(H,20,21). The van der Waals surface area contributed by atoms with Gasteiger partial charge in [0.2, 0.25) is 5.91 Å². The van der Waals surface area contributed by atoms with Gasteiger partial charge < -0.3 is 15.2 Å². The second-order valence-corrected chi connectivity index (χ2v) is 6.73. The first kappa shape index (κ1) is 17.3. The Morgan fingerprint density at radius 2 is 1.73 bits per heavy atom. The molecule has 0 aliphatic heterocycles. The van der Waals surface area contributed by atoms with E-state index in [4.69, 9.17) is 4.74 Å². The lowest BCUT2D eigenvalue weighted by atomic mass is 9.81. The molecule has 0 aromatic rings. The van der Waals surface area contributed by atoms with Gasteiger partial charge in [0.15, 0.2) is 0 Å². The summed E-state index contributed by atoms with van der Waals surface area (Å²) < 4.78 is 5.96. The highest BCUT2D eigenvalue weighted by Crippen LogP contribution is 2.29. The van der Waals surface area contributed by atoms with E-state index in [9.17, 15) is 14.7 Å². The molecule has 0 spiro atoms. The number of carboxylic acid groups (broad SMARTS) is 1. The van der Waals surface area contributed by atoms with Crippen LogP contribution >= 0.6 is 0 Å². The molecule has 2 aliphatic carbocycles. The van der Waals surface area contributed by atoms with Gasteiger partial charge in [-0.25, -0.2) is 4.79 Å². The first-order valence-electron chi connectivity index (χ1n) is 8.78. The number of aliphatic carboxylic acids is 1. The van der Waals surface area contributed by atoms with E-state index < -0.39 is 17.6 Å². The van der Waals surface area contributed by atoms with Crippen LogP contribution in [-0.4, -0.2) is 34.7 Å². The number of amides is 1. The molecule has 126 valence electrons. The van der Waals surface area contributed by atoms with E-state index in [1.54, 1.807) is 0 Å². The number of hydrogen-bond acceptors (Lipinski definition) is 3. The molecule has 5 heteroatoms. The van der Waals surface area contributed by atoms with Gasteiger partial charge in [-0.05, 0) is 32.1 Å². The summed E-state index contributed by atoms with van der Waals surface area (Å²) in [6.07, 6.45) is 9.56. The number of carboxylic acids is 1. The predicted octanol–water partition coefficient (Wildman–Crippen LogP) is 3.02. The molecule has 2 saturated carbocycles. The Labute approximate surface area is 132 Å². The fraction of sp³-hybridized carbons (Fsp3) is 0.882. The number of carbonyl (C=O) groups excluding carboxylic acids is 1. The predicted molar refractivity (Wildman–Crippen MR) is 83.6 cm³/mol. The molecule has 0 bridgehead atoms. The van der Waals surface area contributed by atoms with E-state index in [-0.39, 0.29) is 12.0 Å². The fourth-order valence-electron chi connectivity index (χ4n) is 3.64. The first-order chi connectivity index (χ1) is 10.6. The maximum Gasteiger partial charge on any atom is 0.329 e. The van der Waals surface area contributed by atoms with Crippen molar-refractivity contribution in [1.29, 1.82) is 0 Å². The molecule has 0 aromatic carbocycles. The highest BCUT2D eigenvalue weighted by atomic mass is 16.5. The zero-order valence-corrected chi connectivity index (χ0v) is 13.6. The lowest BCUT2D eigenvalue weighted by Crippen LogP contribution is -2.58. The van der Waals surface area contributed by atoms with Crippen molar-refractivity contribution in [3.05, 3.63) is 0 Å². The van der Waals surface area contributed by atoms with Gasteiger partial charge in [-0.1, -0.05) is 45.4 Å². The van der Waals surface area contributed by atoms with Crippen molar-refractivity contribution < 1.29 is 19.4 Å². The zero-order valence-electron chi connectivity index (χ0n) is 13.6. The van der Waals surface area contributed by atoms with E-state index in [0.717, 1.165) is 44.9 Å². The minimum absolute atomic E-state index is 0.150. The second-order valence-electron chi connectivity index (χ2n) is 6.73. The van der Waals surface area contributed by atoms with E-state index in [2.05, 4.69) is 5.32 Å². The van der Waals surface area contributed by atoms with E-state index in [1.165, 1.54) is 6.42 Å². The Hall–Kier alpha value is -1.10. The second kappa shape index (κ2) is 7.95. The highest BCUT2D eigenvalue weighted by Gasteiger charge is 2.42. The maximum atomic E-state index is 12.5. The molecule has 22 heavy (non-hydrogen) atoms. The Kier molecular flexibility index (Phi) is 6.24. The van der Waals surface area contributed by atoms with Crippen LogP contribution in [-0.2, 0) is 14.3 Å². The van der Waals surface area contributed by atoms with Crippen molar-refractivity contribution in [3.8, 4) is 0 Å². The molecule has 0 aromatic heterocycles. The third-order valence-corrected chi connectivity index (χ3v) is 5.05. The highest BCUT2D eigenvalue weighted by molar-refractivity contribution is 5.89. The van der Waals surface area contributed by atoms with Crippen molar-refractivity contribution >= 4 is 11.9 Å². The van der Waals surface area contributed by atoms with Gasteiger partial charge in [-0.15, -0.1) is 0 Å². The van der Waals surface area contributed by atoms with Crippen LogP contribution in [0.2, 0.25) is 0 Å². The summed E-state index contributed by atoms with van der Waals surface area (Å²) in [7, 11) is 0. The van der Waals surface area contributed by atoms with Crippen LogP contribution < -0.4 is 5.32 Å². The minimum Gasteiger partial charge on any atom is -0.480 e. The molecule has 2 N–H and O–H groups in total. The van der Waals surface area contributed by atoms with Crippen LogP contribution in [0.1, 0.15) is 77.6 Å². The lowest BCUT2D eigenvalue weighted by Gasteiger charge is -2.35. The monoisotopic (exact) mass is 311 g/mol. The van der Waals surface area contributed by atoms with Gasteiger partial charge in [0.05, 0.1) is 6.10 Å². The Balaban J connectivity index is 1.96. The molecule has 5 nitrogen and oxygen atoms in total. The molecule has 2 aliphatic rings. The average Bonchev–Trinajstić information content (AvgIpc) is 2.54. The molecule has 1 unspecified atom stereocenters. The Bertz CT molecular complexity index is 384. The Morgan fingerprint density at radius 1 is 1.14 bits per heavy atom. The van der Waals surface area contributed by atoms with Crippen molar-refractivity contribution in [2.24, 2.45) is 0 Å². The van der Waals surface area contributed by atoms with E-state index in [0.29, 0.717) is 19.3 Å². The maximum absolute atomic E-state index is 12.5. The van der Waals surface area contributed by atoms with Gasteiger partial charge in [0.25, 0.3) is 0 Å². The Morgan fingerprint density at radius 3 is 2.27 bits per heavy atom. The van der Waals surface area contributed by atoms with Gasteiger partial charge in [-0.3, -0.25) is 4.79 Å². The van der Waals surface area contributed by atoms with E-state index >= 15 is 0 Å². The molecule has 0 saturated heterocycles. The molecule has 1 atom stereocenters. The lowest BCUT2D eigenvalue weighted by molar-refractivity contribution is -0.153. The summed E-state index contributed by atoms with van der Waals surface area (Å²) >= 11 is 0. The topological polar surface area (TPSA) is 75.6 Å². The van der Waals surface area contributed by atoms with Crippen LogP contribution in [0.25, 0.3) is 0 Å². The van der Waals surface area contributed by atoms with Crippen LogP contribution in [0.5, 0.6) is 0 Å². The normalized spacial score (nSPS) is 23.7. The molecule has 0 radical (unpaired) electrons. The van der Waals surface area contributed by atoms with Gasteiger partial charge in [0, 0.05) is 0 Å². The minimum atomic E-state index is -1.08. The molecule has 2 rings (SSSR count). The van der Waals surface area contributed by atoms with Crippen molar-refractivity contribution in [3.63, 3.8) is 0 Å². The third-order valence-electron chi connectivity index (χ3n) is 5.05. The zero-order chi connectivity index (χ0) is 16.0. The number of hydrogen-bond donors (Lipinski definition) is 2. The van der Waals surface area contributed by atoms with Crippen molar-refractivity contribution in [2.75, 3.05) is 0 Å². The van der Waals surface area contributed by atoms with Gasteiger partial charge >= 0.3 is 5.97 Å². The van der Waals surface area contributed by atoms with Crippen LogP contribution in [0.4, 0.5) is 0 Å². The third kappa shape index (κ3) is 4.22. The van der Waals surface area contributed by atoms with Crippen molar-refractivity contribution in [2.45, 2.75) is 95.3 Å². The number of rotatable bonds is 6. The summed E-state index contributed by atoms with van der Waals surface area (Å²) in [5.74, 6) is -1.16. The molecule has 1 amide bonds. The summed E-state index contributed by atoms with van der Waals surface area (Å²) in [6.45, 7) is 1.92. The molecule has 0 heterocycles. The number of carbonyl (C=O) groups is 2. The van der Waals surface area contributed by atoms with Crippen molar-refractivity contribution in [1.82, 2.24) is 5.32 Å². The largest absolute Gasteiger partial charge is 0.480 e. The number of nitrogens with one attached hydrogen (secondary N) is 1. The smallest absolute Gasteiger partial charge is 0.329 e.